The first kappa shape index (κ1) is 13.6. The zero-order chi connectivity index (χ0) is 14.0. The van der Waals surface area contributed by atoms with Gasteiger partial charge in [-0.2, -0.15) is 5.10 Å². The second kappa shape index (κ2) is 5.06. The summed E-state index contributed by atoms with van der Waals surface area (Å²) in [7, 11) is -3.73. The van der Waals surface area contributed by atoms with E-state index in [1.807, 2.05) is 0 Å². The predicted octanol–water partition coefficient (Wildman–Crippen LogP) is 1.45. The van der Waals surface area contributed by atoms with E-state index in [1.165, 1.54) is 18.3 Å². The molecule has 0 bridgehead atoms. The molecule has 19 heavy (non-hydrogen) atoms. The van der Waals surface area contributed by atoms with Crippen LogP contribution in [0.15, 0.2) is 35.5 Å². The number of halogens is 2. The fraction of sp³-hybridized carbons (Fsp3) is 0.182. The molecule has 0 unspecified atom stereocenters. The number of hydrogen-bond acceptors (Lipinski definition) is 3. The Hall–Kier alpha value is -1.80. The highest BCUT2D eigenvalue weighted by Gasteiger charge is 2.19. The zero-order valence-corrected chi connectivity index (χ0v) is 10.8. The standard InChI is InChI=1S/C11H11F2N3O2S/c1-2-15-19(17,18)11-5-6-14-16(11)8-3-4-9(12)10(13)7-8/h3-7,15H,2H2,1H3. The largest absolute Gasteiger partial charge is 0.258 e. The number of rotatable bonds is 4. The van der Waals surface area contributed by atoms with Gasteiger partial charge in [0.05, 0.1) is 11.9 Å². The highest BCUT2D eigenvalue weighted by Crippen LogP contribution is 2.17. The summed E-state index contributed by atoms with van der Waals surface area (Å²) in [6, 6.07) is 4.32. The zero-order valence-electron chi connectivity index (χ0n) is 9.97. The Morgan fingerprint density at radius 3 is 2.63 bits per heavy atom. The van der Waals surface area contributed by atoms with Crippen LogP contribution in [0.3, 0.4) is 0 Å². The van der Waals surface area contributed by atoms with E-state index in [-0.39, 0.29) is 17.3 Å². The van der Waals surface area contributed by atoms with Crippen LogP contribution in [0.5, 0.6) is 0 Å². The van der Waals surface area contributed by atoms with Gasteiger partial charge >= 0.3 is 0 Å². The van der Waals surface area contributed by atoms with E-state index in [1.54, 1.807) is 6.92 Å². The van der Waals surface area contributed by atoms with Crippen LogP contribution in [0.2, 0.25) is 0 Å². The van der Waals surface area contributed by atoms with E-state index in [2.05, 4.69) is 9.82 Å². The topological polar surface area (TPSA) is 64.0 Å². The van der Waals surface area contributed by atoms with Crippen molar-refractivity contribution in [1.82, 2.24) is 14.5 Å². The maximum atomic E-state index is 13.2. The van der Waals surface area contributed by atoms with Gasteiger partial charge in [-0.25, -0.2) is 26.6 Å². The molecule has 1 heterocycles. The fourth-order valence-corrected chi connectivity index (χ4v) is 2.72. The molecule has 0 fully saturated rings. The molecular weight excluding hydrogens is 276 g/mol. The minimum atomic E-state index is -3.73. The highest BCUT2D eigenvalue weighted by molar-refractivity contribution is 7.89. The van der Waals surface area contributed by atoms with Crippen molar-refractivity contribution in [3.05, 3.63) is 42.1 Å². The van der Waals surface area contributed by atoms with Crippen LogP contribution in [0.25, 0.3) is 5.69 Å². The first-order valence-corrected chi connectivity index (χ1v) is 6.93. The van der Waals surface area contributed by atoms with Gasteiger partial charge < -0.3 is 0 Å². The minimum absolute atomic E-state index is 0.125. The van der Waals surface area contributed by atoms with Crippen molar-refractivity contribution in [3.8, 4) is 5.69 Å². The molecular formula is C11H11F2N3O2S. The number of sulfonamides is 1. The lowest BCUT2D eigenvalue weighted by atomic mass is 10.3. The van der Waals surface area contributed by atoms with Crippen LogP contribution in [0.4, 0.5) is 8.78 Å². The summed E-state index contributed by atoms with van der Waals surface area (Å²) >= 11 is 0. The maximum absolute atomic E-state index is 13.2. The Bertz CT molecular complexity index is 698. The van der Waals surface area contributed by atoms with E-state index < -0.39 is 21.7 Å². The predicted molar refractivity (Wildman–Crippen MR) is 64.3 cm³/mol. The smallest absolute Gasteiger partial charge is 0.221 e. The highest BCUT2D eigenvalue weighted by atomic mass is 32.2. The first-order chi connectivity index (χ1) is 8.95. The summed E-state index contributed by atoms with van der Waals surface area (Å²) < 4.78 is 53.2. The molecule has 0 aliphatic heterocycles. The summed E-state index contributed by atoms with van der Waals surface area (Å²) in [4.78, 5) is 0. The molecule has 0 aliphatic rings. The summed E-state index contributed by atoms with van der Waals surface area (Å²) in [5, 5.41) is 3.68. The number of aromatic nitrogens is 2. The second-order valence-corrected chi connectivity index (χ2v) is 5.39. The first-order valence-electron chi connectivity index (χ1n) is 5.45. The molecule has 8 heteroatoms. The average molecular weight is 287 g/mol. The quantitative estimate of drug-likeness (QED) is 0.925. The molecule has 5 nitrogen and oxygen atoms in total. The maximum Gasteiger partial charge on any atom is 0.258 e. The molecule has 0 amide bonds. The average Bonchev–Trinajstić information content (AvgIpc) is 2.82. The van der Waals surface area contributed by atoms with E-state index in [9.17, 15) is 17.2 Å². The van der Waals surface area contributed by atoms with Crippen molar-refractivity contribution in [2.24, 2.45) is 0 Å². The molecule has 2 rings (SSSR count). The summed E-state index contributed by atoms with van der Waals surface area (Å²) in [5.41, 5.74) is 0.125. The van der Waals surface area contributed by atoms with Gasteiger partial charge in [-0.05, 0) is 18.2 Å². The van der Waals surface area contributed by atoms with Crippen LogP contribution < -0.4 is 4.72 Å². The van der Waals surface area contributed by atoms with Gasteiger partial charge in [0.2, 0.25) is 0 Å². The number of benzene rings is 1. The van der Waals surface area contributed by atoms with Gasteiger partial charge in [-0.3, -0.25) is 0 Å². The van der Waals surface area contributed by atoms with E-state index in [0.29, 0.717) is 0 Å². The molecule has 1 aromatic heterocycles. The molecule has 1 N–H and O–H groups in total. The van der Waals surface area contributed by atoms with Crippen LogP contribution in [0, 0.1) is 11.6 Å². The molecule has 0 spiro atoms. The lowest BCUT2D eigenvalue weighted by molar-refractivity contribution is 0.506. The van der Waals surface area contributed by atoms with E-state index in [4.69, 9.17) is 0 Å². The molecule has 0 aliphatic carbocycles. The lowest BCUT2D eigenvalue weighted by Gasteiger charge is -2.08. The fourth-order valence-electron chi connectivity index (χ4n) is 1.57. The lowest BCUT2D eigenvalue weighted by Crippen LogP contribution is -2.25. The SMILES string of the molecule is CCNS(=O)(=O)c1ccnn1-c1ccc(F)c(F)c1. The third-order valence-corrected chi connectivity index (χ3v) is 3.89. The summed E-state index contributed by atoms with van der Waals surface area (Å²) in [6.07, 6.45) is 1.27. The van der Waals surface area contributed by atoms with Crippen molar-refractivity contribution in [2.45, 2.75) is 11.9 Å². The number of nitrogens with zero attached hydrogens (tertiary/aromatic N) is 2. The number of nitrogens with one attached hydrogen (secondary N) is 1. The van der Waals surface area contributed by atoms with Crippen molar-refractivity contribution < 1.29 is 17.2 Å². The van der Waals surface area contributed by atoms with Crippen molar-refractivity contribution >= 4 is 10.0 Å². The molecule has 1 aromatic carbocycles. The van der Waals surface area contributed by atoms with Crippen molar-refractivity contribution in [1.29, 1.82) is 0 Å². The number of hydrogen-bond donors (Lipinski definition) is 1. The van der Waals surface area contributed by atoms with Crippen molar-refractivity contribution in [3.63, 3.8) is 0 Å². The minimum Gasteiger partial charge on any atom is -0.221 e. The Balaban J connectivity index is 2.53. The van der Waals surface area contributed by atoms with Crippen LogP contribution >= 0.6 is 0 Å². The van der Waals surface area contributed by atoms with Crippen LogP contribution in [0.1, 0.15) is 6.92 Å². The van der Waals surface area contributed by atoms with Gasteiger partial charge in [0.1, 0.15) is 0 Å². The Kier molecular flexibility index (Phi) is 3.63. The van der Waals surface area contributed by atoms with Gasteiger partial charge in [0.25, 0.3) is 10.0 Å². The normalized spacial score (nSPS) is 11.7. The van der Waals surface area contributed by atoms with Gasteiger partial charge in [0, 0.05) is 12.6 Å². The molecule has 0 saturated heterocycles. The van der Waals surface area contributed by atoms with E-state index >= 15 is 0 Å². The van der Waals surface area contributed by atoms with Gasteiger partial charge in [-0.15, -0.1) is 0 Å². The molecule has 0 atom stereocenters. The monoisotopic (exact) mass is 287 g/mol. The Labute approximate surface area is 108 Å². The summed E-state index contributed by atoms with van der Waals surface area (Å²) in [5.74, 6) is -2.08. The second-order valence-electron chi connectivity index (χ2n) is 3.68. The van der Waals surface area contributed by atoms with E-state index in [0.717, 1.165) is 16.8 Å². The molecule has 0 radical (unpaired) electrons. The molecule has 102 valence electrons. The van der Waals surface area contributed by atoms with Crippen molar-refractivity contribution in [2.75, 3.05) is 6.54 Å². The Morgan fingerprint density at radius 2 is 2.00 bits per heavy atom. The summed E-state index contributed by atoms with van der Waals surface area (Å²) in [6.45, 7) is 1.85. The third-order valence-electron chi connectivity index (χ3n) is 2.37. The van der Waals surface area contributed by atoms with Gasteiger partial charge in [-0.1, -0.05) is 6.92 Å². The molecule has 2 aromatic rings. The third kappa shape index (κ3) is 2.64. The van der Waals surface area contributed by atoms with Crippen LogP contribution in [-0.4, -0.2) is 24.7 Å². The van der Waals surface area contributed by atoms with Crippen LogP contribution in [-0.2, 0) is 10.0 Å². The van der Waals surface area contributed by atoms with Gasteiger partial charge in [0.15, 0.2) is 16.7 Å². The Morgan fingerprint density at radius 1 is 1.26 bits per heavy atom. The molecule has 0 saturated carbocycles.